The van der Waals surface area contributed by atoms with Crippen LogP contribution in [-0.2, 0) is 5.41 Å². The summed E-state index contributed by atoms with van der Waals surface area (Å²) in [5.74, 6) is 0.180. The highest BCUT2D eigenvalue weighted by atomic mass is 35.5. The summed E-state index contributed by atoms with van der Waals surface area (Å²) in [5.41, 5.74) is 1.52. The van der Waals surface area contributed by atoms with Gasteiger partial charge in [-0.1, -0.05) is 50.6 Å². The minimum absolute atomic E-state index is 0.109. The summed E-state index contributed by atoms with van der Waals surface area (Å²) in [5, 5.41) is 3.18. The molecule has 1 aromatic heterocycles. The molecule has 0 aliphatic heterocycles. The number of hydrogen-bond donors (Lipinski definition) is 1. The predicted octanol–water partition coefficient (Wildman–Crippen LogP) is 4.28. The molecule has 0 aliphatic rings. The average molecular weight is 289 g/mol. The molecule has 0 radical (unpaired) electrons. The molecule has 1 aromatic carbocycles. The van der Waals surface area contributed by atoms with Crippen molar-refractivity contribution in [2.45, 2.75) is 26.2 Å². The van der Waals surface area contributed by atoms with Gasteiger partial charge in [0, 0.05) is 11.8 Å². The summed E-state index contributed by atoms with van der Waals surface area (Å²) < 4.78 is 0. The fourth-order valence-electron chi connectivity index (χ4n) is 1.99. The SMILES string of the molecule is CC(C)(C)c1ccccc1C(=O)Nc1ncccc1Cl. The molecule has 0 aliphatic carbocycles. The molecule has 0 unspecified atom stereocenters. The van der Waals surface area contributed by atoms with Crippen molar-refractivity contribution < 1.29 is 4.79 Å². The van der Waals surface area contributed by atoms with E-state index in [0.717, 1.165) is 5.56 Å². The molecule has 2 rings (SSSR count). The highest BCUT2D eigenvalue weighted by Gasteiger charge is 2.21. The van der Waals surface area contributed by atoms with E-state index in [-0.39, 0.29) is 11.3 Å². The van der Waals surface area contributed by atoms with Crippen LogP contribution in [0.4, 0.5) is 5.82 Å². The molecular weight excluding hydrogens is 272 g/mol. The first-order chi connectivity index (χ1) is 9.39. The third-order valence-electron chi connectivity index (χ3n) is 2.97. The fraction of sp³-hybridized carbons (Fsp3) is 0.250. The van der Waals surface area contributed by atoms with E-state index in [1.54, 1.807) is 18.3 Å². The van der Waals surface area contributed by atoms with Crippen LogP contribution in [0.15, 0.2) is 42.6 Å². The Balaban J connectivity index is 2.34. The van der Waals surface area contributed by atoms with Gasteiger partial charge in [-0.25, -0.2) is 4.98 Å². The number of anilines is 1. The highest BCUT2D eigenvalue weighted by Crippen LogP contribution is 2.27. The molecule has 20 heavy (non-hydrogen) atoms. The van der Waals surface area contributed by atoms with E-state index in [1.165, 1.54) is 0 Å². The van der Waals surface area contributed by atoms with Gasteiger partial charge in [0.05, 0.1) is 5.02 Å². The number of nitrogens with zero attached hydrogens (tertiary/aromatic N) is 1. The zero-order valence-electron chi connectivity index (χ0n) is 11.8. The smallest absolute Gasteiger partial charge is 0.257 e. The molecule has 1 amide bonds. The van der Waals surface area contributed by atoms with Crippen LogP contribution in [-0.4, -0.2) is 10.9 Å². The number of carbonyl (C=O) groups is 1. The molecule has 1 heterocycles. The molecule has 0 spiro atoms. The van der Waals surface area contributed by atoms with Gasteiger partial charge in [0.1, 0.15) is 0 Å². The van der Waals surface area contributed by atoms with Crippen LogP contribution in [0.2, 0.25) is 5.02 Å². The molecule has 0 saturated heterocycles. The van der Waals surface area contributed by atoms with E-state index in [9.17, 15) is 4.79 Å². The van der Waals surface area contributed by atoms with Crippen molar-refractivity contribution in [1.82, 2.24) is 4.98 Å². The Morgan fingerprint density at radius 1 is 1.15 bits per heavy atom. The Bertz CT molecular complexity index is 632. The van der Waals surface area contributed by atoms with Gasteiger partial charge in [0.15, 0.2) is 5.82 Å². The third-order valence-corrected chi connectivity index (χ3v) is 3.28. The van der Waals surface area contributed by atoms with Gasteiger partial charge in [0.2, 0.25) is 0 Å². The largest absolute Gasteiger partial charge is 0.305 e. The summed E-state index contributed by atoms with van der Waals surface area (Å²) in [4.78, 5) is 16.5. The number of hydrogen-bond acceptors (Lipinski definition) is 2. The number of aromatic nitrogens is 1. The van der Waals surface area contributed by atoms with Gasteiger partial charge in [-0.2, -0.15) is 0 Å². The second-order valence-electron chi connectivity index (χ2n) is 5.58. The maximum absolute atomic E-state index is 12.4. The average Bonchev–Trinajstić information content (AvgIpc) is 2.40. The molecule has 0 atom stereocenters. The van der Waals surface area contributed by atoms with Crippen LogP contribution < -0.4 is 5.32 Å². The number of rotatable bonds is 2. The molecule has 0 bridgehead atoms. The van der Waals surface area contributed by atoms with E-state index in [0.29, 0.717) is 16.4 Å². The van der Waals surface area contributed by atoms with E-state index < -0.39 is 0 Å². The third kappa shape index (κ3) is 3.17. The van der Waals surface area contributed by atoms with E-state index >= 15 is 0 Å². The van der Waals surface area contributed by atoms with Crippen LogP contribution in [0.3, 0.4) is 0 Å². The van der Waals surface area contributed by atoms with E-state index in [4.69, 9.17) is 11.6 Å². The van der Waals surface area contributed by atoms with Crippen LogP contribution in [0.5, 0.6) is 0 Å². The second-order valence-corrected chi connectivity index (χ2v) is 5.99. The number of carbonyl (C=O) groups excluding carboxylic acids is 1. The molecule has 4 heteroatoms. The van der Waals surface area contributed by atoms with E-state index in [1.807, 2.05) is 24.3 Å². The lowest BCUT2D eigenvalue weighted by atomic mass is 9.83. The molecular formula is C16H17ClN2O. The van der Waals surface area contributed by atoms with Crippen molar-refractivity contribution in [3.63, 3.8) is 0 Å². The maximum Gasteiger partial charge on any atom is 0.257 e. The molecule has 0 fully saturated rings. The van der Waals surface area contributed by atoms with Crippen molar-refractivity contribution in [3.8, 4) is 0 Å². The van der Waals surface area contributed by atoms with Gasteiger partial charge in [-0.3, -0.25) is 4.79 Å². The van der Waals surface area contributed by atoms with Gasteiger partial charge >= 0.3 is 0 Å². The first-order valence-electron chi connectivity index (χ1n) is 6.41. The standard InChI is InChI=1S/C16H17ClN2O/c1-16(2,3)12-8-5-4-7-11(12)15(20)19-14-13(17)9-6-10-18-14/h4-10H,1-3H3,(H,18,19,20). The first-order valence-corrected chi connectivity index (χ1v) is 6.79. The second kappa shape index (κ2) is 5.63. The number of nitrogens with one attached hydrogen (secondary N) is 1. The van der Waals surface area contributed by atoms with Crippen molar-refractivity contribution in [1.29, 1.82) is 0 Å². The van der Waals surface area contributed by atoms with Crippen LogP contribution >= 0.6 is 11.6 Å². The Hall–Kier alpha value is -1.87. The van der Waals surface area contributed by atoms with E-state index in [2.05, 4.69) is 31.1 Å². The lowest BCUT2D eigenvalue weighted by molar-refractivity contribution is 0.102. The Labute approximate surface area is 124 Å². The normalized spacial score (nSPS) is 11.2. The Kier molecular flexibility index (Phi) is 4.09. The van der Waals surface area contributed by atoms with Crippen molar-refractivity contribution in [2.24, 2.45) is 0 Å². The monoisotopic (exact) mass is 288 g/mol. The van der Waals surface area contributed by atoms with Crippen molar-refractivity contribution >= 4 is 23.3 Å². The fourth-order valence-corrected chi connectivity index (χ4v) is 2.16. The topological polar surface area (TPSA) is 42.0 Å². The number of amides is 1. The summed E-state index contributed by atoms with van der Waals surface area (Å²) in [7, 11) is 0. The zero-order valence-corrected chi connectivity index (χ0v) is 12.5. The lowest BCUT2D eigenvalue weighted by Gasteiger charge is -2.22. The predicted molar refractivity (Wildman–Crippen MR) is 82.3 cm³/mol. The molecule has 1 N–H and O–H groups in total. The molecule has 104 valence electrons. The van der Waals surface area contributed by atoms with Gasteiger partial charge < -0.3 is 5.32 Å². The van der Waals surface area contributed by atoms with Gasteiger partial charge in [0.25, 0.3) is 5.91 Å². The minimum Gasteiger partial charge on any atom is -0.305 e. The summed E-state index contributed by atoms with van der Waals surface area (Å²) >= 11 is 6.01. The van der Waals surface area contributed by atoms with Crippen LogP contribution in [0.1, 0.15) is 36.7 Å². The number of halogens is 1. The summed E-state index contributed by atoms with van der Waals surface area (Å²) in [6.45, 7) is 6.23. The zero-order chi connectivity index (χ0) is 14.8. The molecule has 2 aromatic rings. The first kappa shape index (κ1) is 14.5. The van der Waals surface area contributed by atoms with Crippen LogP contribution in [0, 0.1) is 0 Å². The van der Waals surface area contributed by atoms with Crippen molar-refractivity contribution in [3.05, 3.63) is 58.7 Å². The lowest BCUT2D eigenvalue weighted by Crippen LogP contribution is -2.21. The number of benzene rings is 1. The highest BCUT2D eigenvalue weighted by molar-refractivity contribution is 6.33. The number of pyridine rings is 1. The van der Waals surface area contributed by atoms with Crippen LogP contribution in [0.25, 0.3) is 0 Å². The maximum atomic E-state index is 12.4. The van der Waals surface area contributed by atoms with Gasteiger partial charge in [-0.05, 0) is 29.2 Å². The summed E-state index contributed by atoms with van der Waals surface area (Å²) in [6.07, 6.45) is 1.59. The Morgan fingerprint density at radius 3 is 2.50 bits per heavy atom. The summed E-state index contributed by atoms with van der Waals surface area (Å²) in [6, 6.07) is 11.0. The minimum atomic E-state index is -0.198. The molecule has 3 nitrogen and oxygen atoms in total. The quantitative estimate of drug-likeness (QED) is 0.896. The van der Waals surface area contributed by atoms with Gasteiger partial charge in [-0.15, -0.1) is 0 Å². The van der Waals surface area contributed by atoms with Crippen molar-refractivity contribution in [2.75, 3.05) is 5.32 Å². The molecule has 0 saturated carbocycles. The Morgan fingerprint density at radius 2 is 1.85 bits per heavy atom.